The van der Waals surface area contributed by atoms with E-state index in [1.807, 2.05) is 107 Å². The van der Waals surface area contributed by atoms with Crippen LogP contribution in [0.1, 0.15) is 93.1 Å². The number of anilines is 1. The lowest BCUT2D eigenvalue weighted by Gasteiger charge is -2.41. The first kappa shape index (κ1) is 39.9. The second-order valence-corrected chi connectivity index (χ2v) is 17.8. The number of nitrogens with zero attached hydrogens (tertiary/aromatic N) is 2. The summed E-state index contributed by atoms with van der Waals surface area (Å²) in [5.74, 6) is -0.887. The Bertz CT molecular complexity index is 2440. The molecule has 0 atom stereocenters. The molecule has 6 rings (SSSR count). The van der Waals surface area contributed by atoms with E-state index in [4.69, 9.17) is 9.47 Å². The second-order valence-electron chi connectivity index (χ2n) is 14.9. The molecular weight excluding hydrogens is 717 g/mol. The van der Waals surface area contributed by atoms with Crippen LogP contribution in [0.4, 0.5) is 5.69 Å². The van der Waals surface area contributed by atoms with E-state index in [1.165, 1.54) is 13.5 Å². The molecule has 2 N–H and O–H groups in total. The largest absolute Gasteiger partial charge is 0.465 e. The molecule has 3 aliphatic rings. The molecule has 0 unspecified atom stereocenters. The predicted molar refractivity (Wildman–Crippen MR) is 209 cm³/mol. The number of fused-ring (bicyclic) bond motifs is 4. The molecule has 0 aliphatic carbocycles. The van der Waals surface area contributed by atoms with Gasteiger partial charge in [-0.25, -0.2) is 9.37 Å². The number of esters is 1. The summed E-state index contributed by atoms with van der Waals surface area (Å²) in [4.78, 5) is 15.3. The topological polar surface area (TPSA) is 151 Å². The molecule has 11 nitrogen and oxygen atoms in total. The van der Waals surface area contributed by atoms with Gasteiger partial charge in [0.2, 0.25) is 5.36 Å². The fourth-order valence-electron chi connectivity index (χ4n) is 7.08. The molecule has 0 saturated heterocycles. The van der Waals surface area contributed by atoms with Gasteiger partial charge < -0.3 is 14.4 Å². The Morgan fingerprint density at radius 2 is 1.43 bits per heavy atom. The zero-order valence-corrected chi connectivity index (χ0v) is 33.6. The standard InChI is InChI=1S/C37H40N2O9S2.C3H8/c1-9-21-10-11-24(35(40)47-8)27(12-21)34-28-13-25-22(19-49(41,42)43)17-36(2,3)38(6)30(25)15-32(28)48-33-16-31-26(14-29(33)34)23(20-50(44,45)46)18-37(4,5)39(31)7;1-3-2/h10-18H,9,19-20H2,1-8H3,(H-,41,42,43,44,45,46);3H2,1-2H3/p+1. The molecule has 53 heavy (non-hydrogen) atoms. The van der Waals surface area contributed by atoms with Gasteiger partial charge in [-0.2, -0.15) is 16.8 Å². The maximum atomic E-state index is 13.3. The number of hydrogen-bond donors (Lipinski definition) is 2. The van der Waals surface area contributed by atoms with Gasteiger partial charge in [-0.05, 0) is 66.8 Å². The van der Waals surface area contributed by atoms with E-state index in [-0.39, 0.29) is 5.56 Å². The summed E-state index contributed by atoms with van der Waals surface area (Å²) in [6.07, 6.45) is 5.53. The number of hydrogen-bond acceptors (Lipinski definition) is 8. The van der Waals surface area contributed by atoms with Crippen molar-refractivity contribution in [1.29, 1.82) is 0 Å². The first-order chi connectivity index (χ1) is 24.6. The lowest BCUT2D eigenvalue weighted by molar-refractivity contribution is 0.0600. The minimum Gasteiger partial charge on any atom is -0.465 e. The molecule has 0 fully saturated rings. The number of benzene rings is 3. The molecular formula is C40H49N2O9S2+. The highest BCUT2D eigenvalue weighted by molar-refractivity contribution is 7.86. The van der Waals surface area contributed by atoms with Crippen LogP contribution in [0.25, 0.3) is 16.7 Å². The van der Waals surface area contributed by atoms with E-state index in [2.05, 4.69) is 13.8 Å². The average Bonchev–Trinajstić information content (AvgIpc) is 3.05. The van der Waals surface area contributed by atoms with E-state index in [9.17, 15) is 30.7 Å². The summed E-state index contributed by atoms with van der Waals surface area (Å²) in [6, 6.07) is 12.8. The summed E-state index contributed by atoms with van der Waals surface area (Å²) in [6.45, 7) is 14.0. The molecule has 3 heterocycles. The number of likely N-dealkylation sites (N-methyl/N-ethyl adjacent to an activating group) is 2. The normalized spacial score (nSPS) is 16.8. The quantitative estimate of drug-likeness (QED) is 0.141. The van der Waals surface area contributed by atoms with Gasteiger partial charge in [0.25, 0.3) is 20.2 Å². The van der Waals surface area contributed by atoms with Crippen LogP contribution in [0.3, 0.4) is 0 Å². The van der Waals surface area contributed by atoms with Crippen molar-refractivity contribution in [3.63, 3.8) is 0 Å². The number of aryl methyl sites for hydroxylation is 1. The van der Waals surface area contributed by atoms with Crippen LogP contribution >= 0.6 is 0 Å². The Kier molecular flexibility index (Phi) is 10.7. The Balaban J connectivity index is 0.00000175. The molecule has 0 aromatic heterocycles. The zero-order valence-electron chi connectivity index (χ0n) is 32.0. The van der Waals surface area contributed by atoms with Gasteiger partial charge in [-0.15, -0.1) is 0 Å². The summed E-state index contributed by atoms with van der Waals surface area (Å²) in [5, 5.41) is 1.23. The second kappa shape index (κ2) is 14.2. The molecule has 0 radical (unpaired) electrons. The fraction of sp³-hybridized carbons (Fsp3) is 0.400. The van der Waals surface area contributed by atoms with E-state index < -0.39 is 48.8 Å². The molecule has 0 saturated carbocycles. The van der Waals surface area contributed by atoms with Crippen molar-refractivity contribution in [3.05, 3.63) is 98.6 Å². The number of carbonyl (C=O) groups is 1. The van der Waals surface area contributed by atoms with Gasteiger partial charge in [0.1, 0.15) is 30.1 Å². The lowest BCUT2D eigenvalue weighted by atomic mass is 9.83. The van der Waals surface area contributed by atoms with Gasteiger partial charge in [0.15, 0.2) is 5.54 Å². The van der Waals surface area contributed by atoms with Crippen molar-refractivity contribution in [1.82, 2.24) is 4.58 Å². The Morgan fingerprint density at radius 1 is 0.830 bits per heavy atom. The molecule has 13 heteroatoms. The van der Waals surface area contributed by atoms with Crippen LogP contribution in [0, 0.1) is 0 Å². The molecule has 0 spiro atoms. The molecule has 3 aromatic rings. The summed E-state index contributed by atoms with van der Waals surface area (Å²) in [7, 11) is -3.74. The zero-order chi connectivity index (χ0) is 39.4. The Labute approximate surface area is 312 Å². The van der Waals surface area contributed by atoms with Crippen molar-refractivity contribution in [2.24, 2.45) is 0 Å². The van der Waals surface area contributed by atoms with Crippen LogP contribution in [-0.2, 0) is 31.4 Å². The van der Waals surface area contributed by atoms with Crippen molar-refractivity contribution in [3.8, 4) is 11.5 Å². The summed E-state index contributed by atoms with van der Waals surface area (Å²) >= 11 is 0. The SMILES string of the molecule is CCC.CCc1ccc(C(=O)OC)c(C2=c3cc4c(cc3Oc3cc5c(cc32)C(CS(=O)(=O)O)=CC(C)(C)N5C)=[N+](C)C(C)(C)C=C4CS(=O)(=O)O)c1. The third-order valence-electron chi connectivity index (χ3n) is 10.00. The number of methoxy groups -OCH3 is 1. The maximum absolute atomic E-state index is 13.3. The van der Waals surface area contributed by atoms with Crippen LogP contribution < -0.4 is 24.8 Å². The van der Waals surface area contributed by atoms with Gasteiger partial charge in [-0.3, -0.25) is 9.11 Å². The molecule has 284 valence electrons. The highest BCUT2D eigenvalue weighted by Crippen LogP contribution is 2.47. The van der Waals surface area contributed by atoms with Crippen LogP contribution in [0.2, 0.25) is 0 Å². The summed E-state index contributed by atoms with van der Waals surface area (Å²) in [5.41, 5.74) is 4.28. The molecule has 3 aliphatic heterocycles. The van der Waals surface area contributed by atoms with E-state index in [1.54, 1.807) is 6.07 Å². The average molecular weight is 766 g/mol. The first-order valence-electron chi connectivity index (χ1n) is 17.5. The maximum Gasteiger partial charge on any atom is 0.338 e. The first-order valence-corrected chi connectivity index (χ1v) is 20.7. The smallest absolute Gasteiger partial charge is 0.338 e. The van der Waals surface area contributed by atoms with Crippen LogP contribution in [0.15, 0.2) is 54.6 Å². The van der Waals surface area contributed by atoms with Gasteiger partial charge >= 0.3 is 5.97 Å². The van der Waals surface area contributed by atoms with Crippen molar-refractivity contribution < 1.29 is 40.2 Å². The Hall–Kier alpha value is -4.30. The Morgan fingerprint density at radius 3 is 2.00 bits per heavy atom. The summed E-state index contributed by atoms with van der Waals surface area (Å²) < 4.78 is 82.8. The van der Waals surface area contributed by atoms with Gasteiger partial charge in [-0.1, -0.05) is 45.4 Å². The number of rotatable bonds is 7. The monoisotopic (exact) mass is 765 g/mol. The third kappa shape index (κ3) is 7.84. The number of carbonyl (C=O) groups excluding carboxylic acids is 1. The fourth-order valence-corrected chi connectivity index (χ4v) is 8.35. The van der Waals surface area contributed by atoms with Crippen LogP contribution in [0.5, 0.6) is 11.5 Å². The highest BCUT2D eigenvalue weighted by atomic mass is 32.2. The van der Waals surface area contributed by atoms with Crippen molar-refractivity contribution in [2.45, 2.75) is 72.4 Å². The lowest BCUT2D eigenvalue weighted by Crippen LogP contribution is -2.47. The van der Waals surface area contributed by atoms with Crippen LogP contribution in [-0.4, -0.2) is 75.7 Å². The minimum atomic E-state index is -4.41. The van der Waals surface area contributed by atoms with Crippen molar-refractivity contribution >= 4 is 48.6 Å². The van der Waals surface area contributed by atoms with Crippen molar-refractivity contribution in [2.75, 3.05) is 37.6 Å². The molecule has 0 bridgehead atoms. The van der Waals surface area contributed by atoms with E-state index in [0.717, 1.165) is 5.56 Å². The molecule has 3 aromatic carbocycles. The number of ether oxygens (including phenoxy) is 2. The van der Waals surface area contributed by atoms with E-state index in [0.29, 0.717) is 73.2 Å². The van der Waals surface area contributed by atoms with E-state index >= 15 is 0 Å². The van der Waals surface area contributed by atoms with Gasteiger partial charge in [0.05, 0.1) is 29.8 Å². The third-order valence-corrected chi connectivity index (χ3v) is 11.3. The van der Waals surface area contributed by atoms with Gasteiger partial charge in [0, 0.05) is 54.6 Å². The minimum absolute atomic E-state index is 0.285. The predicted octanol–water partition coefficient (Wildman–Crippen LogP) is 5.49. The highest BCUT2D eigenvalue weighted by Gasteiger charge is 2.37. The molecule has 0 amide bonds.